The molecule has 7 heteroatoms. The number of hydrogen-bond acceptors (Lipinski definition) is 5. The molecule has 6 rings (SSSR count). The van der Waals surface area contributed by atoms with Crippen LogP contribution in [0.15, 0.2) is 66.1 Å². The summed E-state index contributed by atoms with van der Waals surface area (Å²) >= 11 is 7.57. The van der Waals surface area contributed by atoms with Gasteiger partial charge in [-0.1, -0.05) is 48.0 Å². The Balaban J connectivity index is 1.67. The third-order valence-corrected chi connectivity index (χ3v) is 8.18. The van der Waals surface area contributed by atoms with E-state index in [1.54, 1.807) is 12.1 Å². The molecule has 0 saturated carbocycles. The van der Waals surface area contributed by atoms with Crippen LogP contribution in [0.2, 0.25) is 5.02 Å². The van der Waals surface area contributed by atoms with Crippen molar-refractivity contribution < 1.29 is 14.4 Å². The first-order chi connectivity index (χ1) is 15.9. The maximum absolute atomic E-state index is 14.1. The second-order valence-electron chi connectivity index (χ2n) is 8.66. The standard InChI is InChI=1S/C26H19ClN2O3S/c1-14(30)23-22(24(31)20-7-4-12-33-20)26(17-5-2-3-6-18(17)28-25(26)32)21-11-8-15-13-16(27)9-10-19(15)29(21)23/h2-13,21-23H,1H3,(H,28,32). The van der Waals surface area contributed by atoms with Crippen molar-refractivity contribution in [3.05, 3.63) is 87.1 Å². The molecular weight excluding hydrogens is 456 g/mol. The molecule has 3 aliphatic rings. The van der Waals surface area contributed by atoms with Crippen molar-refractivity contribution in [3.8, 4) is 0 Å². The number of carbonyl (C=O) groups excluding carboxylic acids is 3. The number of fused-ring (bicyclic) bond motifs is 6. The lowest BCUT2D eigenvalue weighted by atomic mass is 9.65. The van der Waals surface area contributed by atoms with E-state index < -0.39 is 23.4 Å². The van der Waals surface area contributed by atoms with Gasteiger partial charge in [0.1, 0.15) is 5.41 Å². The first-order valence-electron chi connectivity index (χ1n) is 10.7. The molecule has 1 N–H and O–H groups in total. The zero-order valence-corrected chi connectivity index (χ0v) is 19.2. The quantitative estimate of drug-likeness (QED) is 0.544. The fraction of sp³-hybridized carbons (Fsp3) is 0.192. The van der Waals surface area contributed by atoms with Gasteiger partial charge in [-0.2, -0.15) is 0 Å². The van der Waals surface area contributed by atoms with Gasteiger partial charge >= 0.3 is 0 Å². The highest BCUT2D eigenvalue weighted by molar-refractivity contribution is 7.12. The van der Waals surface area contributed by atoms with Gasteiger partial charge in [0.2, 0.25) is 5.91 Å². The lowest BCUT2D eigenvalue weighted by Gasteiger charge is -2.37. The van der Waals surface area contributed by atoms with Crippen molar-refractivity contribution >= 4 is 57.9 Å². The van der Waals surface area contributed by atoms with E-state index in [0.717, 1.165) is 16.8 Å². The summed E-state index contributed by atoms with van der Waals surface area (Å²) in [4.78, 5) is 43.7. The van der Waals surface area contributed by atoms with Gasteiger partial charge in [-0.15, -0.1) is 11.3 Å². The number of nitrogens with one attached hydrogen (secondary N) is 1. The smallest absolute Gasteiger partial charge is 0.238 e. The highest BCUT2D eigenvalue weighted by Crippen LogP contribution is 2.58. The van der Waals surface area contributed by atoms with Crippen molar-refractivity contribution in [2.24, 2.45) is 5.92 Å². The number of carbonyl (C=O) groups is 3. The largest absolute Gasteiger partial charge is 0.352 e. The molecule has 1 saturated heterocycles. The van der Waals surface area contributed by atoms with Gasteiger partial charge in [0.05, 0.1) is 22.9 Å². The third-order valence-electron chi connectivity index (χ3n) is 7.06. The minimum absolute atomic E-state index is 0.153. The van der Waals surface area contributed by atoms with E-state index in [1.165, 1.54) is 18.3 Å². The molecule has 1 aromatic heterocycles. The Morgan fingerprint density at radius 1 is 1.12 bits per heavy atom. The first kappa shape index (κ1) is 20.4. The molecule has 3 aromatic rings. The minimum Gasteiger partial charge on any atom is -0.352 e. The van der Waals surface area contributed by atoms with Gasteiger partial charge in [-0.05, 0) is 53.8 Å². The molecule has 1 amide bonds. The van der Waals surface area contributed by atoms with Crippen LogP contribution in [0.3, 0.4) is 0 Å². The number of amides is 1. The van der Waals surface area contributed by atoms with E-state index in [0.29, 0.717) is 15.6 Å². The average molecular weight is 475 g/mol. The van der Waals surface area contributed by atoms with Gasteiger partial charge in [0.25, 0.3) is 0 Å². The SMILES string of the molecule is CC(=O)C1C(C(=O)c2cccs2)C2(C(=O)Nc3ccccc32)C2C=Cc3cc(Cl)ccc3N12. The fourth-order valence-corrected chi connectivity index (χ4v) is 6.76. The Kier molecular flexibility index (Phi) is 4.41. The predicted molar refractivity (Wildman–Crippen MR) is 130 cm³/mol. The monoisotopic (exact) mass is 474 g/mol. The van der Waals surface area contributed by atoms with E-state index >= 15 is 0 Å². The molecule has 1 fully saturated rings. The summed E-state index contributed by atoms with van der Waals surface area (Å²) in [7, 11) is 0. The number of thiophene rings is 1. The van der Waals surface area contributed by atoms with Crippen LogP contribution in [0, 0.1) is 5.92 Å². The maximum atomic E-state index is 14.1. The summed E-state index contributed by atoms with van der Waals surface area (Å²) in [5, 5.41) is 5.43. The fourth-order valence-electron chi connectivity index (χ4n) is 5.88. The molecular formula is C26H19ClN2O3S. The highest BCUT2D eigenvalue weighted by Gasteiger charge is 2.69. The molecule has 2 aromatic carbocycles. The van der Waals surface area contributed by atoms with Crippen LogP contribution in [0.25, 0.3) is 6.08 Å². The zero-order chi connectivity index (χ0) is 22.9. The summed E-state index contributed by atoms with van der Waals surface area (Å²) in [6.07, 6.45) is 3.88. The molecule has 4 unspecified atom stereocenters. The Hall–Kier alpha value is -3.22. The van der Waals surface area contributed by atoms with Gasteiger partial charge in [0.15, 0.2) is 11.6 Å². The zero-order valence-electron chi connectivity index (χ0n) is 17.6. The Morgan fingerprint density at radius 2 is 1.94 bits per heavy atom. The number of benzene rings is 2. The van der Waals surface area contributed by atoms with E-state index in [9.17, 15) is 14.4 Å². The average Bonchev–Trinajstić information content (AvgIpc) is 3.50. The summed E-state index contributed by atoms with van der Waals surface area (Å²) in [6.45, 7) is 1.50. The van der Waals surface area contributed by atoms with Crippen LogP contribution < -0.4 is 10.2 Å². The van der Waals surface area contributed by atoms with E-state index in [4.69, 9.17) is 11.6 Å². The van der Waals surface area contributed by atoms with Gasteiger partial charge < -0.3 is 10.2 Å². The van der Waals surface area contributed by atoms with Crippen LogP contribution in [0.4, 0.5) is 11.4 Å². The number of halogens is 1. The highest BCUT2D eigenvalue weighted by atomic mass is 35.5. The lowest BCUT2D eigenvalue weighted by molar-refractivity contribution is -0.122. The number of anilines is 2. The second-order valence-corrected chi connectivity index (χ2v) is 10.0. The molecule has 5 nitrogen and oxygen atoms in total. The van der Waals surface area contributed by atoms with Crippen molar-refractivity contribution in [2.45, 2.75) is 24.4 Å². The van der Waals surface area contributed by atoms with Crippen LogP contribution in [0.1, 0.15) is 27.7 Å². The number of para-hydroxylation sites is 1. The van der Waals surface area contributed by atoms with Crippen molar-refractivity contribution in [1.82, 2.24) is 0 Å². The summed E-state index contributed by atoms with van der Waals surface area (Å²) < 4.78 is 0. The normalized spacial score (nSPS) is 26.7. The molecule has 0 bridgehead atoms. The summed E-state index contributed by atoms with van der Waals surface area (Å²) in [5.41, 5.74) is 1.86. The van der Waals surface area contributed by atoms with E-state index in [-0.39, 0.29) is 17.5 Å². The van der Waals surface area contributed by atoms with Gasteiger partial charge in [-0.3, -0.25) is 14.4 Å². The Labute approximate surface area is 199 Å². The Morgan fingerprint density at radius 3 is 2.70 bits per heavy atom. The maximum Gasteiger partial charge on any atom is 0.238 e. The molecule has 4 heterocycles. The number of ketones is 2. The van der Waals surface area contributed by atoms with Gasteiger partial charge in [-0.25, -0.2) is 0 Å². The molecule has 1 spiro atoms. The van der Waals surface area contributed by atoms with Crippen LogP contribution >= 0.6 is 22.9 Å². The van der Waals surface area contributed by atoms with Crippen molar-refractivity contribution in [1.29, 1.82) is 0 Å². The molecule has 0 radical (unpaired) electrons. The van der Waals surface area contributed by atoms with Crippen LogP contribution in [0.5, 0.6) is 0 Å². The second kappa shape index (κ2) is 7.14. The topological polar surface area (TPSA) is 66.5 Å². The molecule has 4 atom stereocenters. The van der Waals surface area contributed by atoms with Crippen LogP contribution in [-0.4, -0.2) is 29.6 Å². The van der Waals surface area contributed by atoms with Crippen molar-refractivity contribution in [2.75, 3.05) is 10.2 Å². The number of hydrogen-bond donors (Lipinski definition) is 1. The third kappa shape index (κ3) is 2.62. The predicted octanol–water partition coefficient (Wildman–Crippen LogP) is 4.96. The number of Topliss-reactive ketones (excluding diaryl/α,β-unsaturated/α-hetero) is 2. The summed E-state index contributed by atoms with van der Waals surface area (Å²) in [5.74, 6) is -1.47. The first-order valence-corrected chi connectivity index (χ1v) is 12.0. The molecule has 33 heavy (non-hydrogen) atoms. The van der Waals surface area contributed by atoms with E-state index in [2.05, 4.69) is 5.32 Å². The minimum atomic E-state index is -1.23. The van der Waals surface area contributed by atoms with Gasteiger partial charge in [0, 0.05) is 16.4 Å². The van der Waals surface area contributed by atoms with Crippen molar-refractivity contribution in [3.63, 3.8) is 0 Å². The number of rotatable bonds is 3. The molecule has 0 aliphatic carbocycles. The van der Waals surface area contributed by atoms with Crippen LogP contribution in [-0.2, 0) is 15.0 Å². The van der Waals surface area contributed by atoms with E-state index in [1.807, 2.05) is 64.9 Å². The Bertz CT molecular complexity index is 1370. The summed E-state index contributed by atoms with van der Waals surface area (Å²) in [6, 6.07) is 15.2. The lowest BCUT2D eigenvalue weighted by Crippen LogP contribution is -2.51. The molecule has 3 aliphatic heterocycles. The molecule has 164 valence electrons. The number of nitrogens with zero attached hydrogens (tertiary/aromatic N) is 1.